The lowest BCUT2D eigenvalue weighted by Crippen LogP contribution is -2.11. The van der Waals surface area contributed by atoms with Gasteiger partial charge >= 0.3 is 0 Å². The van der Waals surface area contributed by atoms with Gasteiger partial charge in [-0.3, -0.25) is 4.79 Å². The molecule has 0 saturated heterocycles. The van der Waals surface area contributed by atoms with Gasteiger partial charge in [0.05, 0.1) is 6.61 Å². The number of hydrogen-bond acceptors (Lipinski definition) is 4. The largest absolute Gasteiger partial charge is 0.494 e. The van der Waals surface area contributed by atoms with E-state index in [1.807, 2.05) is 61.5 Å². The van der Waals surface area contributed by atoms with E-state index < -0.39 is 0 Å². The average molecular weight is 408 g/mol. The summed E-state index contributed by atoms with van der Waals surface area (Å²) in [4.78, 5) is 17.2. The predicted octanol–water partition coefficient (Wildman–Crippen LogP) is 6.30. The fourth-order valence-electron chi connectivity index (χ4n) is 3.55. The molecule has 0 fully saturated rings. The van der Waals surface area contributed by atoms with Crippen LogP contribution in [0.25, 0.3) is 33.3 Å². The average Bonchev–Trinajstić information content (AvgIpc) is 3.25. The van der Waals surface area contributed by atoms with E-state index in [9.17, 15) is 4.79 Å². The maximum absolute atomic E-state index is 12.5. The Hall–Kier alpha value is -4.12. The van der Waals surface area contributed by atoms with Gasteiger partial charge in [0, 0.05) is 22.2 Å². The van der Waals surface area contributed by atoms with Gasteiger partial charge < -0.3 is 14.5 Å². The fourth-order valence-corrected chi connectivity index (χ4v) is 3.55. The highest BCUT2D eigenvalue weighted by atomic mass is 16.5. The molecule has 0 aliphatic heterocycles. The molecule has 1 N–H and O–H groups in total. The SMILES string of the molecule is CCOc1ccc(C(=O)Nc2ccc(-c3nc4c(ccc5ccccc54)o3)cc2)cc1. The Bertz CT molecular complexity index is 1370. The van der Waals surface area contributed by atoms with Gasteiger partial charge in [0.2, 0.25) is 5.89 Å². The van der Waals surface area contributed by atoms with Gasteiger partial charge in [-0.05, 0) is 66.9 Å². The first-order chi connectivity index (χ1) is 15.2. The molecule has 0 aliphatic rings. The Labute approximate surface area is 179 Å². The second-order valence-corrected chi connectivity index (χ2v) is 7.14. The number of nitrogens with zero attached hydrogens (tertiary/aromatic N) is 1. The topological polar surface area (TPSA) is 64.4 Å². The maximum Gasteiger partial charge on any atom is 0.255 e. The molecular weight excluding hydrogens is 388 g/mol. The van der Waals surface area contributed by atoms with Crippen LogP contribution in [0.1, 0.15) is 17.3 Å². The van der Waals surface area contributed by atoms with E-state index in [4.69, 9.17) is 14.1 Å². The van der Waals surface area contributed by atoms with Crippen molar-refractivity contribution in [3.8, 4) is 17.2 Å². The molecule has 5 aromatic rings. The molecule has 1 aromatic heterocycles. The summed E-state index contributed by atoms with van der Waals surface area (Å²) >= 11 is 0. The van der Waals surface area contributed by atoms with Crippen LogP contribution in [0.3, 0.4) is 0 Å². The van der Waals surface area contributed by atoms with E-state index in [-0.39, 0.29) is 5.91 Å². The van der Waals surface area contributed by atoms with Crippen LogP contribution >= 0.6 is 0 Å². The van der Waals surface area contributed by atoms with Gasteiger partial charge in [-0.25, -0.2) is 4.98 Å². The van der Waals surface area contributed by atoms with Crippen molar-refractivity contribution in [2.45, 2.75) is 6.92 Å². The van der Waals surface area contributed by atoms with E-state index in [1.165, 1.54) is 0 Å². The Morgan fingerprint density at radius 1 is 0.935 bits per heavy atom. The Morgan fingerprint density at radius 2 is 1.71 bits per heavy atom. The number of ether oxygens (including phenoxy) is 1. The lowest BCUT2D eigenvalue weighted by atomic mass is 10.1. The quantitative estimate of drug-likeness (QED) is 0.371. The molecule has 1 heterocycles. The zero-order valence-corrected chi connectivity index (χ0v) is 17.0. The number of rotatable bonds is 5. The van der Waals surface area contributed by atoms with E-state index in [1.54, 1.807) is 24.3 Å². The van der Waals surface area contributed by atoms with E-state index in [0.29, 0.717) is 23.7 Å². The number of amides is 1. The van der Waals surface area contributed by atoms with Crippen LogP contribution in [0.5, 0.6) is 5.75 Å². The van der Waals surface area contributed by atoms with Crippen LogP contribution in [0.2, 0.25) is 0 Å². The fraction of sp³-hybridized carbons (Fsp3) is 0.0769. The van der Waals surface area contributed by atoms with Crippen molar-refractivity contribution < 1.29 is 13.9 Å². The number of benzene rings is 4. The number of oxazole rings is 1. The molecular formula is C26H20N2O3. The minimum atomic E-state index is -0.177. The van der Waals surface area contributed by atoms with Gasteiger partial charge in [0.15, 0.2) is 5.58 Å². The van der Waals surface area contributed by atoms with Crippen molar-refractivity contribution in [3.05, 3.63) is 90.5 Å². The van der Waals surface area contributed by atoms with Crippen molar-refractivity contribution in [1.29, 1.82) is 0 Å². The van der Waals surface area contributed by atoms with Crippen molar-refractivity contribution in [2.24, 2.45) is 0 Å². The number of anilines is 1. The summed E-state index contributed by atoms with van der Waals surface area (Å²) in [7, 11) is 0. The Morgan fingerprint density at radius 3 is 2.48 bits per heavy atom. The first kappa shape index (κ1) is 18.9. The van der Waals surface area contributed by atoms with Crippen molar-refractivity contribution in [2.75, 3.05) is 11.9 Å². The summed E-state index contributed by atoms with van der Waals surface area (Å²) in [5, 5.41) is 5.10. The number of carbonyl (C=O) groups is 1. The number of aromatic nitrogens is 1. The third-order valence-electron chi connectivity index (χ3n) is 5.10. The maximum atomic E-state index is 12.5. The van der Waals surface area contributed by atoms with Crippen LogP contribution in [0.15, 0.2) is 89.3 Å². The predicted molar refractivity (Wildman–Crippen MR) is 123 cm³/mol. The minimum absolute atomic E-state index is 0.177. The van der Waals surface area contributed by atoms with Crippen LogP contribution in [0, 0.1) is 0 Å². The summed E-state index contributed by atoms with van der Waals surface area (Å²) in [6.07, 6.45) is 0. The molecule has 31 heavy (non-hydrogen) atoms. The van der Waals surface area contributed by atoms with Crippen molar-refractivity contribution in [1.82, 2.24) is 4.98 Å². The Balaban J connectivity index is 1.36. The normalized spacial score (nSPS) is 11.0. The van der Waals surface area contributed by atoms with Gasteiger partial charge in [-0.15, -0.1) is 0 Å². The molecule has 5 nitrogen and oxygen atoms in total. The molecule has 4 aromatic carbocycles. The molecule has 152 valence electrons. The molecule has 0 unspecified atom stereocenters. The molecule has 1 amide bonds. The molecule has 0 aliphatic carbocycles. The molecule has 0 bridgehead atoms. The summed E-state index contributed by atoms with van der Waals surface area (Å²) < 4.78 is 11.4. The summed E-state index contributed by atoms with van der Waals surface area (Å²) in [5.41, 5.74) is 3.71. The summed E-state index contributed by atoms with van der Waals surface area (Å²) in [5.74, 6) is 1.12. The second kappa shape index (κ2) is 7.95. The lowest BCUT2D eigenvalue weighted by molar-refractivity contribution is 0.102. The smallest absolute Gasteiger partial charge is 0.255 e. The van der Waals surface area contributed by atoms with Crippen LogP contribution in [-0.4, -0.2) is 17.5 Å². The van der Waals surface area contributed by atoms with Gasteiger partial charge in [0.1, 0.15) is 11.3 Å². The monoisotopic (exact) mass is 408 g/mol. The van der Waals surface area contributed by atoms with Gasteiger partial charge in [-0.2, -0.15) is 0 Å². The number of carbonyl (C=O) groups excluding carboxylic acids is 1. The van der Waals surface area contributed by atoms with E-state index in [2.05, 4.69) is 11.4 Å². The standard InChI is InChI=1S/C26H20N2O3/c1-2-30-21-14-9-18(10-15-21)25(29)27-20-12-7-19(8-13-20)26-28-24-22-6-4-3-5-17(22)11-16-23(24)31-26/h3-16H,2H2,1H3,(H,27,29). The third-order valence-corrected chi connectivity index (χ3v) is 5.10. The highest BCUT2D eigenvalue weighted by molar-refractivity contribution is 6.05. The molecule has 0 radical (unpaired) electrons. The van der Waals surface area contributed by atoms with Crippen LogP contribution < -0.4 is 10.1 Å². The lowest BCUT2D eigenvalue weighted by Gasteiger charge is -2.07. The Kier molecular flexibility index (Phi) is 4.84. The zero-order valence-electron chi connectivity index (χ0n) is 17.0. The molecule has 0 atom stereocenters. The molecule has 0 spiro atoms. The van der Waals surface area contributed by atoms with Gasteiger partial charge in [0.25, 0.3) is 5.91 Å². The van der Waals surface area contributed by atoms with Crippen LogP contribution in [0.4, 0.5) is 5.69 Å². The summed E-state index contributed by atoms with van der Waals surface area (Å²) in [6.45, 7) is 2.52. The highest BCUT2D eigenvalue weighted by Gasteiger charge is 2.12. The number of hydrogen-bond donors (Lipinski definition) is 1. The second-order valence-electron chi connectivity index (χ2n) is 7.14. The third kappa shape index (κ3) is 3.73. The minimum Gasteiger partial charge on any atom is -0.494 e. The first-order valence-electron chi connectivity index (χ1n) is 10.1. The van der Waals surface area contributed by atoms with Crippen LogP contribution in [-0.2, 0) is 0 Å². The van der Waals surface area contributed by atoms with E-state index >= 15 is 0 Å². The number of fused-ring (bicyclic) bond motifs is 3. The first-order valence-corrected chi connectivity index (χ1v) is 10.1. The highest BCUT2D eigenvalue weighted by Crippen LogP contribution is 2.30. The van der Waals surface area contributed by atoms with Crippen molar-refractivity contribution >= 4 is 33.5 Å². The molecule has 5 rings (SSSR count). The zero-order chi connectivity index (χ0) is 21.2. The van der Waals surface area contributed by atoms with Crippen molar-refractivity contribution in [3.63, 3.8) is 0 Å². The van der Waals surface area contributed by atoms with E-state index in [0.717, 1.165) is 33.2 Å². The number of nitrogens with one attached hydrogen (secondary N) is 1. The summed E-state index contributed by atoms with van der Waals surface area (Å²) in [6, 6.07) is 26.6. The molecule has 5 heteroatoms. The molecule has 0 saturated carbocycles. The van der Waals surface area contributed by atoms with Gasteiger partial charge in [-0.1, -0.05) is 30.3 Å².